The zero-order valence-corrected chi connectivity index (χ0v) is 14.5. The summed E-state index contributed by atoms with van der Waals surface area (Å²) in [4.78, 5) is 16.3. The largest absolute Gasteiger partial charge is 0.493 e. The molecule has 1 aromatic rings. The third-order valence-corrected chi connectivity index (χ3v) is 4.92. The van der Waals surface area contributed by atoms with Crippen LogP contribution < -0.4 is 9.47 Å². The lowest BCUT2D eigenvalue weighted by atomic mass is 10.1. The van der Waals surface area contributed by atoms with Gasteiger partial charge in [0.2, 0.25) is 5.91 Å². The van der Waals surface area contributed by atoms with Gasteiger partial charge in [-0.2, -0.15) is 0 Å². The molecule has 0 saturated carbocycles. The molecular formula is C16H24N2O3S. The monoisotopic (exact) mass is 324 g/mol. The Hall–Kier alpha value is -1.40. The second-order valence-electron chi connectivity index (χ2n) is 5.52. The molecule has 0 unspecified atom stereocenters. The lowest BCUT2D eigenvalue weighted by molar-refractivity contribution is -0.128. The van der Waals surface area contributed by atoms with Crippen LogP contribution in [0.4, 0.5) is 0 Å². The quantitative estimate of drug-likeness (QED) is 0.769. The smallest absolute Gasteiger partial charge is 0.233 e. The molecule has 122 valence electrons. The topological polar surface area (TPSA) is 42.0 Å². The van der Waals surface area contributed by atoms with Crippen molar-refractivity contribution in [1.29, 1.82) is 0 Å². The van der Waals surface area contributed by atoms with Gasteiger partial charge in [0.1, 0.15) is 5.37 Å². The fourth-order valence-corrected chi connectivity index (χ4v) is 3.74. The first-order chi connectivity index (χ1) is 10.6. The van der Waals surface area contributed by atoms with Crippen LogP contribution in [0.1, 0.15) is 17.4 Å². The molecule has 2 rings (SSSR count). The third-order valence-electron chi connectivity index (χ3n) is 3.67. The highest BCUT2D eigenvalue weighted by atomic mass is 32.2. The van der Waals surface area contributed by atoms with Crippen molar-refractivity contribution in [2.75, 3.05) is 47.2 Å². The summed E-state index contributed by atoms with van der Waals surface area (Å²) in [6.45, 7) is 1.76. The molecule has 0 N–H and O–H groups in total. The van der Waals surface area contributed by atoms with Crippen LogP contribution in [-0.4, -0.2) is 62.9 Å². The first-order valence-corrected chi connectivity index (χ1v) is 8.39. The highest BCUT2D eigenvalue weighted by molar-refractivity contribution is 8.00. The van der Waals surface area contributed by atoms with Crippen LogP contribution in [0.25, 0.3) is 0 Å². The van der Waals surface area contributed by atoms with Gasteiger partial charge in [-0.05, 0) is 44.8 Å². The first kappa shape index (κ1) is 17.0. The van der Waals surface area contributed by atoms with Gasteiger partial charge >= 0.3 is 0 Å². The number of carbonyl (C=O) groups excluding carboxylic acids is 1. The molecule has 0 spiro atoms. The predicted molar refractivity (Wildman–Crippen MR) is 89.6 cm³/mol. The molecule has 0 bridgehead atoms. The molecular weight excluding hydrogens is 300 g/mol. The van der Waals surface area contributed by atoms with E-state index >= 15 is 0 Å². The molecule has 1 aliphatic rings. The normalized spacial score (nSPS) is 18.1. The minimum absolute atomic E-state index is 0.0643. The van der Waals surface area contributed by atoms with Gasteiger partial charge in [-0.15, -0.1) is 11.8 Å². The summed E-state index contributed by atoms with van der Waals surface area (Å²) in [7, 11) is 7.35. The fraction of sp³-hybridized carbons (Fsp3) is 0.562. The molecule has 1 saturated heterocycles. The molecule has 22 heavy (non-hydrogen) atoms. The molecule has 6 heteroatoms. The van der Waals surface area contributed by atoms with Crippen molar-refractivity contribution in [3.63, 3.8) is 0 Å². The van der Waals surface area contributed by atoms with Crippen molar-refractivity contribution in [3.05, 3.63) is 23.8 Å². The van der Waals surface area contributed by atoms with Crippen LogP contribution in [0, 0.1) is 0 Å². The lowest BCUT2D eigenvalue weighted by Crippen LogP contribution is -2.31. The number of thioether (sulfide) groups is 1. The van der Waals surface area contributed by atoms with E-state index in [4.69, 9.17) is 9.47 Å². The van der Waals surface area contributed by atoms with Gasteiger partial charge in [0.25, 0.3) is 0 Å². The van der Waals surface area contributed by atoms with Gasteiger partial charge in [-0.3, -0.25) is 4.79 Å². The number of hydrogen-bond acceptors (Lipinski definition) is 5. The van der Waals surface area contributed by atoms with Crippen molar-refractivity contribution in [2.45, 2.75) is 11.8 Å². The minimum atomic E-state index is 0.0643. The van der Waals surface area contributed by atoms with Gasteiger partial charge in [0.05, 0.1) is 20.0 Å². The van der Waals surface area contributed by atoms with E-state index in [9.17, 15) is 4.79 Å². The standard InChI is InChI=1S/C16H24N2O3S/c1-17(2)8-5-9-18-15(19)11-22-16(18)12-6-7-13(20-3)14(10-12)21-4/h6-7,10,16H,5,8-9,11H2,1-4H3/t16-/m1/s1. The van der Waals surface area contributed by atoms with Crippen molar-refractivity contribution in [1.82, 2.24) is 9.80 Å². The van der Waals surface area contributed by atoms with Gasteiger partial charge in [-0.25, -0.2) is 0 Å². The summed E-state index contributed by atoms with van der Waals surface area (Å²) in [6.07, 6.45) is 0.975. The molecule has 0 aromatic heterocycles. The molecule has 5 nitrogen and oxygen atoms in total. The predicted octanol–water partition coefficient (Wildman–Crippen LogP) is 2.23. The number of hydrogen-bond donors (Lipinski definition) is 0. The third kappa shape index (κ3) is 3.87. The van der Waals surface area contributed by atoms with Gasteiger partial charge in [0, 0.05) is 6.54 Å². The maximum atomic E-state index is 12.1. The van der Waals surface area contributed by atoms with E-state index in [2.05, 4.69) is 4.90 Å². The Labute approximate surface area is 136 Å². The van der Waals surface area contributed by atoms with Crippen LogP contribution in [0.15, 0.2) is 18.2 Å². The van der Waals surface area contributed by atoms with Crippen molar-refractivity contribution >= 4 is 17.7 Å². The van der Waals surface area contributed by atoms with E-state index in [0.29, 0.717) is 17.3 Å². The van der Waals surface area contributed by atoms with Crippen molar-refractivity contribution < 1.29 is 14.3 Å². The molecule has 0 aliphatic carbocycles. The second-order valence-corrected chi connectivity index (χ2v) is 6.59. The zero-order chi connectivity index (χ0) is 16.1. The Bertz CT molecular complexity index is 522. The summed E-state index contributed by atoms with van der Waals surface area (Å²) >= 11 is 1.67. The number of benzene rings is 1. The van der Waals surface area contributed by atoms with E-state index in [1.807, 2.05) is 37.2 Å². The van der Waals surface area contributed by atoms with Gasteiger partial charge in [0.15, 0.2) is 11.5 Å². The molecule has 0 radical (unpaired) electrons. The maximum Gasteiger partial charge on any atom is 0.233 e. The van der Waals surface area contributed by atoms with E-state index < -0.39 is 0 Å². The van der Waals surface area contributed by atoms with Crippen LogP contribution >= 0.6 is 11.8 Å². The van der Waals surface area contributed by atoms with Gasteiger partial charge < -0.3 is 19.3 Å². The molecule has 1 atom stereocenters. The number of rotatable bonds is 7. The summed E-state index contributed by atoms with van der Waals surface area (Å²) < 4.78 is 10.6. The Morgan fingerprint density at radius 2 is 2.00 bits per heavy atom. The minimum Gasteiger partial charge on any atom is -0.493 e. The highest BCUT2D eigenvalue weighted by Crippen LogP contribution is 2.41. The second kappa shape index (κ2) is 7.74. The maximum absolute atomic E-state index is 12.1. The summed E-state index contributed by atoms with van der Waals surface area (Å²) in [5, 5.41) is 0.0643. The Morgan fingerprint density at radius 3 is 2.64 bits per heavy atom. The van der Waals surface area contributed by atoms with Crippen molar-refractivity contribution in [3.8, 4) is 11.5 Å². The average Bonchev–Trinajstić information content (AvgIpc) is 2.87. The van der Waals surface area contributed by atoms with Crippen LogP contribution in [0.2, 0.25) is 0 Å². The highest BCUT2D eigenvalue weighted by Gasteiger charge is 2.32. The number of amides is 1. The van der Waals surface area contributed by atoms with E-state index in [-0.39, 0.29) is 11.3 Å². The molecule has 1 amide bonds. The number of ether oxygens (including phenoxy) is 2. The summed E-state index contributed by atoms with van der Waals surface area (Å²) in [6, 6.07) is 5.88. The van der Waals surface area contributed by atoms with E-state index in [1.165, 1.54) is 0 Å². The number of carbonyl (C=O) groups is 1. The number of nitrogens with zero attached hydrogens (tertiary/aromatic N) is 2. The zero-order valence-electron chi connectivity index (χ0n) is 13.7. The molecule has 1 aliphatic heterocycles. The summed E-state index contributed by atoms with van der Waals surface area (Å²) in [5.41, 5.74) is 1.08. The van der Waals surface area contributed by atoms with Crippen molar-refractivity contribution in [2.24, 2.45) is 0 Å². The Balaban J connectivity index is 2.13. The Kier molecular flexibility index (Phi) is 5.97. The lowest BCUT2D eigenvalue weighted by Gasteiger charge is -2.25. The molecule has 1 heterocycles. The fourth-order valence-electron chi connectivity index (χ4n) is 2.54. The molecule has 1 fully saturated rings. The Morgan fingerprint density at radius 1 is 1.27 bits per heavy atom. The SMILES string of the molecule is COc1ccc([C@H]2SCC(=O)N2CCCN(C)C)cc1OC. The first-order valence-electron chi connectivity index (χ1n) is 7.34. The van der Waals surface area contributed by atoms with Crippen LogP contribution in [0.5, 0.6) is 11.5 Å². The number of methoxy groups -OCH3 is 2. The summed E-state index contributed by atoms with van der Waals surface area (Å²) in [5.74, 6) is 2.16. The van der Waals surface area contributed by atoms with E-state index in [1.54, 1.807) is 26.0 Å². The van der Waals surface area contributed by atoms with Crippen LogP contribution in [-0.2, 0) is 4.79 Å². The average molecular weight is 324 g/mol. The van der Waals surface area contributed by atoms with E-state index in [0.717, 1.165) is 25.1 Å². The molecule has 1 aromatic carbocycles. The van der Waals surface area contributed by atoms with Crippen LogP contribution in [0.3, 0.4) is 0 Å². The van der Waals surface area contributed by atoms with Gasteiger partial charge in [-0.1, -0.05) is 6.07 Å².